The molecule has 1 aromatic heterocycles. The zero-order valence-corrected chi connectivity index (χ0v) is 20.2. The van der Waals surface area contributed by atoms with Crippen molar-refractivity contribution < 1.29 is 33.4 Å². The van der Waals surface area contributed by atoms with Crippen molar-refractivity contribution in [3.8, 4) is 11.5 Å². The lowest BCUT2D eigenvalue weighted by atomic mass is 10.1. The molecule has 0 unspecified atom stereocenters. The van der Waals surface area contributed by atoms with Gasteiger partial charge in [-0.25, -0.2) is 19.5 Å². The van der Waals surface area contributed by atoms with Crippen LogP contribution in [0, 0.1) is 0 Å². The van der Waals surface area contributed by atoms with Gasteiger partial charge in [0.15, 0.2) is 5.58 Å². The van der Waals surface area contributed by atoms with Gasteiger partial charge in [-0.1, -0.05) is 36.4 Å². The number of anilines is 1. The maximum absolute atomic E-state index is 13.3. The van der Waals surface area contributed by atoms with Gasteiger partial charge in [-0.2, -0.15) is 0 Å². The first-order valence-corrected chi connectivity index (χ1v) is 11.9. The lowest BCUT2D eigenvalue weighted by molar-refractivity contribution is 0.0472. The van der Waals surface area contributed by atoms with Crippen LogP contribution in [0.15, 0.2) is 95.4 Å². The van der Waals surface area contributed by atoms with E-state index in [1.165, 1.54) is 30.3 Å². The van der Waals surface area contributed by atoms with E-state index in [4.69, 9.17) is 9.15 Å². The van der Waals surface area contributed by atoms with Gasteiger partial charge in [0.25, 0.3) is 11.8 Å². The van der Waals surface area contributed by atoms with E-state index in [2.05, 4.69) is 4.98 Å². The molecular formula is C30H18N2O7. The third-order valence-corrected chi connectivity index (χ3v) is 6.32. The van der Waals surface area contributed by atoms with E-state index in [1.807, 2.05) is 30.3 Å². The molecule has 1 N–H and O–H groups in total. The Balaban J connectivity index is 1.26. The summed E-state index contributed by atoms with van der Waals surface area (Å²) in [6.07, 6.45) is 0. The lowest BCUT2D eigenvalue weighted by Gasteiger charge is -2.14. The highest BCUT2D eigenvalue weighted by Crippen LogP contribution is 2.33. The summed E-state index contributed by atoms with van der Waals surface area (Å²) in [4.78, 5) is 55.8. The molecule has 9 nitrogen and oxygen atoms in total. The minimum atomic E-state index is -1.09. The van der Waals surface area contributed by atoms with Gasteiger partial charge in [-0.15, -0.1) is 0 Å². The molecule has 0 aliphatic carbocycles. The maximum Gasteiger partial charge on any atom is 0.338 e. The highest BCUT2D eigenvalue weighted by molar-refractivity contribution is 6.34. The Bertz CT molecular complexity index is 1810. The minimum Gasteiger partial charge on any atom is -0.478 e. The molecule has 1 aliphatic rings. The molecule has 190 valence electrons. The minimum absolute atomic E-state index is 0.0632. The zero-order chi connectivity index (χ0) is 27.1. The molecule has 0 saturated heterocycles. The number of carboxylic acid groups (broad SMARTS) is 1. The summed E-state index contributed by atoms with van der Waals surface area (Å²) in [6.45, 7) is 0.0794. The molecule has 0 saturated carbocycles. The monoisotopic (exact) mass is 518 g/mol. The number of carbonyl (C=O) groups excluding carboxylic acids is 3. The van der Waals surface area contributed by atoms with Crippen LogP contribution in [0.3, 0.4) is 0 Å². The molecular weight excluding hydrogens is 500 g/mol. The molecule has 6 rings (SSSR count). The summed E-state index contributed by atoms with van der Waals surface area (Å²) >= 11 is 0. The van der Waals surface area contributed by atoms with Crippen molar-refractivity contribution in [1.29, 1.82) is 0 Å². The first-order chi connectivity index (χ1) is 18.9. The van der Waals surface area contributed by atoms with Crippen LogP contribution in [-0.2, 0) is 11.3 Å². The third kappa shape index (κ3) is 4.31. The van der Waals surface area contributed by atoms with E-state index in [0.29, 0.717) is 22.4 Å². The predicted octanol–water partition coefficient (Wildman–Crippen LogP) is 5.35. The number of carbonyl (C=O) groups is 4. The largest absolute Gasteiger partial charge is 0.478 e. The Morgan fingerprint density at radius 3 is 2.38 bits per heavy atom. The second kappa shape index (κ2) is 9.38. The molecule has 9 heteroatoms. The Morgan fingerprint density at radius 1 is 0.821 bits per heavy atom. The van der Waals surface area contributed by atoms with E-state index in [0.717, 1.165) is 10.5 Å². The van der Waals surface area contributed by atoms with Gasteiger partial charge in [0.1, 0.15) is 12.1 Å². The van der Waals surface area contributed by atoms with E-state index in [9.17, 15) is 24.3 Å². The van der Waals surface area contributed by atoms with Crippen molar-refractivity contribution in [2.75, 3.05) is 4.90 Å². The van der Waals surface area contributed by atoms with Crippen LogP contribution in [0.25, 0.3) is 22.6 Å². The summed E-state index contributed by atoms with van der Waals surface area (Å²) in [5.41, 5.74) is 2.86. The normalized spacial score (nSPS) is 12.6. The third-order valence-electron chi connectivity index (χ3n) is 6.32. The van der Waals surface area contributed by atoms with Gasteiger partial charge >= 0.3 is 11.9 Å². The number of benzene rings is 4. The van der Waals surface area contributed by atoms with Crippen LogP contribution in [0.4, 0.5) is 5.69 Å². The first kappa shape index (κ1) is 23.8. The number of hydrogen-bond acceptors (Lipinski definition) is 7. The molecule has 0 bridgehead atoms. The predicted molar refractivity (Wildman–Crippen MR) is 140 cm³/mol. The number of ether oxygens (including phenoxy) is 1. The Morgan fingerprint density at radius 2 is 1.59 bits per heavy atom. The zero-order valence-electron chi connectivity index (χ0n) is 20.2. The molecule has 0 spiro atoms. The summed E-state index contributed by atoms with van der Waals surface area (Å²) in [6, 6.07) is 24.4. The number of fused-ring (bicyclic) bond motifs is 2. The average molecular weight is 518 g/mol. The fourth-order valence-corrected chi connectivity index (χ4v) is 4.37. The van der Waals surface area contributed by atoms with Crippen molar-refractivity contribution in [1.82, 2.24) is 4.98 Å². The number of carboxylic acids is 1. The van der Waals surface area contributed by atoms with E-state index < -0.39 is 23.8 Å². The molecule has 0 fully saturated rings. The Labute approximate surface area is 220 Å². The molecule has 0 atom stereocenters. The fourth-order valence-electron chi connectivity index (χ4n) is 4.37. The number of nitrogens with zero attached hydrogens (tertiary/aromatic N) is 2. The molecule has 1 aliphatic heterocycles. The number of aromatic nitrogens is 1. The summed E-state index contributed by atoms with van der Waals surface area (Å²) < 4.78 is 11.1. The standard InChI is InChI=1S/C30H18N2O7/c33-27-22-11-9-20(30(37)38-16-17-5-2-1-3-6-17)14-23(22)28(34)32(27)21-8-4-7-18(13-21)26-31-24-12-10-19(29(35)36)15-25(24)39-26/h1-15H,16H2,(H,35,36). The van der Waals surface area contributed by atoms with Crippen LogP contribution < -0.4 is 4.90 Å². The summed E-state index contributed by atoms with van der Waals surface area (Å²) in [5, 5.41) is 9.21. The van der Waals surface area contributed by atoms with Gasteiger partial charge in [-0.05, 0) is 60.2 Å². The van der Waals surface area contributed by atoms with Crippen molar-refractivity contribution in [3.05, 3.63) is 119 Å². The lowest BCUT2D eigenvalue weighted by Crippen LogP contribution is -2.29. The quantitative estimate of drug-likeness (QED) is 0.235. The second-order valence-corrected chi connectivity index (χ2v) is 8.82. The molecule has 2 heterocycles. The van der Waals surface area contributed by atoms with Crippen molar-refractivity contribution in [2.24, 2.45) is 0 Å². The van der Waals surface area contributed by atoms with Crippen LogP contribution in [-0.4, -0.2) is 33.8 Å². The Kier molecular flexibility index (Phi) is 5.73. The first-order valence-electron chi connectivity index (χ1n) is 11.9. The number of hydrogen-bond donors (Lipinski definition) is 1. The van der Waals surface area contributed by atoms with E-state index in [1.54, 1.807) is 30.3 Å². The van der Waals surface area contributed by atoms with Crippen molar-refractivity contribution in [2.45, 2.75) is 6.61 Å². The highest BCUT2D eigenvalue weighted by Gasteiger charge is 2.37. The molecule has 2 amide bonds. The highest BCUT2D eigenvalue weighted by atomic mass is 16.5. The van der Waals surface area contributed by atoms with Crippen LogP contribution in [0.5, 0.6) is 0 Å². The van der Waals surface area contributed by atoms with Crippen LogP contribution in [0.2, 0.25) is 0 Å². The van der Waals surface area contributed by atoms with Crippen molar-refractivity contribution >= 4 is 40.5 Å². The molecule has 0 radical (unpaired) electrons. The van der Waals surface area contributed by atoms with Gasteiger partial charge in [-0.3, -0.25) is 9.59 Å². The van der Waals surface area contributed by atoms with Gasteiger partial charge in [0.2, 0.25) is 5.89 Å². The number of imide groups is 1. The SMILES string of the molecule is O=C(O)c1ccc2nc(-c3cccc(N4C(=O)c5ccc(C(=O)OCc6ccccc6)cc5C4=O)c3)oc2c1. The number of amides is 2. The average Bonchev–Trinajstić information content (AvgIpc) is 3.50. The van der Waals surface area contributed by atoms with Gasteiger partial charge < -0.3 is 14.3 Å². The summed E-state index contributed by atoms with van der Waals surface area (Å²) in [5.74, 6) is -2.59. The smallest absolute Gasteiger partial charge is 0.338 e. The van der Waals surface area contributed by atoms with Gasteiger partial charge in [0.05, 0.1) is 27.9 Å². The van der Waals surface area contributed by atoms with Crippen LogP contribution in [0.1, 0.15) is 47.0 Å². The van der Waals surface area contributed by atoms with E-state index in [-0.39, 0.29) is 34.8 Å². The second-order valence-electron chi connectivity index (χ2n) is 8.82. The van der Waals surface area contributed by atoms with E-state index >= 15 is 0 Å². The van der Waals surface area contributed by atoms with Crippen LogP contribution >= 0.6 is 0 Å². The number of esters is 1. The molecule has 4 aromatic carbocycles. The fraction of sp³-hybridized carbons (Fsp3) is 0.0333. The Hall–Kier alpha value is -5.57. The van der Waals surface area contributed by atoms with Crippen molar-refractivity contribution in [3.63, 3.8) is 0 Å². The molecule has 5 aromatic rings. The number of aromatic carboxylic acids is 1. The van der Waals surface area contributed by atoms with Gasteiger partial charge in [0, 0.05) is 5.56 Å². The molecule has 39 heavy (non-hydrogen) atoms. The number of oxazole rings is 1. The maximum atomic E-state index is 13.3. The number of rotatable bonds is 6. The summed E-state index contributed by atoms with van der Waals surface area (Å²) in [7, 11) is 0. The topological polar surface area (TPSA) is 127 Å².